The summed E-state index contributed by atoms with van der Waals surface area (Å²) in [5, 5.41) is 7.71. The van der Waals surface area contributed by atoms with Gasteiger partial charge in [0, 0.05) is 13.0 Å². The predicted octanol–water partition coefficient (Wildman–Crippen LogP) is 2.11. The smallest absolute Gasteiger partial charge is 0.186 e. The van der Waals surface area contributed by atoms with Crippen LogP contribution in [-0.2, 0) is 13.0 Å². The molecule has 0 amide bonds. The van der Waals surface area contributed by atoms with Crippen LogP contribution in [0.25, 0.3) is 0 Å². The van der Waals surface area contributed by atoms with Crippen molar-refractivity contribution in [2.24, 2.45) is 0 Å². The fourth-order valence-electron chi connectivity index (χ4n) is 1.72. The van der Waals surface area contributed by atoms with E-state index >= 15 is 0 Å². The third-order valence-electron chi connectivity index (χ3n) is 2.55. The minimum Gasteiger partial charge on any atom is -0.292 e. The molecule has 0 bridgehead atoms. The van der Waals surface area contributed by atoms with Crippen molar-refractivity contribution in [1.82, 2.24) is 15.0 Å². The molecule has 0 atom stereocenters. The molecule has 0 N–H and O–H groups in total. The molecule has 0 unspecified atom stereocenters. The molecule has 0 saturated carbocycles. The Morgan fingerprint density at radius 2 is 2.06 bits per heavy atom. The van der Waals surface area contributed by atoms with Crippen LogP contribution >= 0.6 is 0 Å². The molecule has 1 heterocycles. The maximum atomic E-state index is 12.1. The summed E-state index contributed by atoms with van der Waals surface area (Å²) < 4.78 is 1.67. The lowest BCUT2D eigenvalue weighted by molar-refractivity contribution is 0.0982. The second-order valence-electron chi connectivity index (χ2n) is 3.93. The van der Waals surface area contributed by atoms with Crippen molar-refractivity contribution in [3.8, 4) is 0 Å². The van der Waals surface area contributed by atoms with Crippen LogP contribution in [0.15, 0.2) is 36.5 Å². The highest BCUT2D eigenvalue weighted by atomic mass is 16.1. The fourth-order valence-corrected chi connectivity index (χ4v) is 1.72. The Morgan fingerprint density at radius 3 is 2.76 bits per heavy atom. The summed E-state index contributed by atoms with van der Waals surface area (Å²) in [6.07, 6.45) is 2.88. The lowest BCUT2D eigenvalue weighted by atomic mass is 10.1. The van der Waals surface area contributed by atoms with Gasteiger partial charge in [0.25, 0.3) is 0 Å². The molecule has 1 aromatic heterocycles. The van der Waals surface area contributed by atoms with Gasteiger partial charge in [-0.2, -0.15) is 0 Å². The van der Waals surface area contributed by atoms with Crippen molar-refractivity contribution in [2.75, 3.05) is 0 Å². The number of hydrogen-bond donors (Lipinski definition) is 0. The molecule has 0 aliphatic rings. The van der Waals surface area contributed by atoms with Gasteiger partial charge in [-0.3, -0.25) is 4.79 Å². The highest BCUT2D eigenvalue weighted by molar-refractivity contribution is 5.95. The molecule has 2 rings (SSSR count). The molecule has 0 fully saturated rings. The van der Waals surface area contributed by atoms with E-state index in [-0.39, 0.29) is 5.78 Å². The predicted molar refractivity (Wildman–Crippen MR) is 64.8 cm³/mol. The summed E-state index contributed by atoms with van der Waals surface area (Å²) in [7, 11) is 0. The highest BCUT2D eigenvalue weighted by Gasteiger charge is 2.12. The first-order valence-corrected chi connectivity index (χ1v) is 5.77. The molecule has 0 saturated heterocycles. The SMILES string of the molecule is CCCn1nncc1C(=O)Cc1ccccc1. The largest absolute Gasteiger partial charge is 0.292 e. The molecular weight excluding hydrogens is 214 g/mol. The summed E-state index contributed by atoms with van der Waals surface area (Å²) in [4.78, 5) is 12.1. The fraction of sp³-hybridized carbons (Fsp3) is 0.308. The quantitative estimate of drug-likeness (QED) is 0.738. The number of nitrogens with zero attached hydrogens (tertiary/aromatic N) is 3. The average Bonchev–Trinajstić information content (AvgIpc) is 2.79. The number of hydrogen-bond acceptors (Lipinski definition) is 3. The van der Waals surface area contributed by atoms with Crippen LogP contribution in [0, 0.1) is 0 Å². The van der Waals surface area contributed by atoms with E-state index in [0.29, 0.717) is 12.1 Å². The van der Waals surface area contributed by atoms with Gasteiger partial charge in [0.15, 0.2) is 5.78 Å². The number of benzene rings is 1. The molecular formula is C13H15N3O. The first-order chi connectivity index (χ1) is 8.31. The van der Waals surface area contributed by atoms with Gasteiger partial charge in [-0.25, -0.2) is 4.68 Å². The molecule has 0 aliphatic heterocycles. The molecule has 4 nitrogen and oxygen atoms in total. The zero-order valence-electron chi connectivity index (χ0n) is 9.84. The van der Waals surface area contributed by atoms with Crippen LogP contribution in [0.2, 0.25) is 0 Å². The van der Waals surface area contributed by atoms with Crippen molar-refractivity contribution >= 4 is 5.78 Å². The van der Waals surface area contributed by atoms with Crippen LogP contribution < -0.4 is 0 Å². The lowest BCUT2D eigenvalue weighted by Gasteiger charge is -2.03. The number of rotatable bonds is 5. The average molecular weight is 229 g/mol. The van der Waals surface area contributed by atoms with Crippen molar-refractivity contribution < 1.29 is 4.79 Å². The molecule has 1 aromatic carbocycles. The lowest BCUT2D eigenvalue weighted by Crippen LogP contribution is -2.12. The maximum absolute atomic E-state index is 12.1. The van der Waals surface area contributed by atoms with E-state index in [1.165, 1.54) is 0 Å². The highest BCUT2D eigenvalue weighted by Crippen LogP contribution is 2.06. The second kappa shape index (κ2) is 5.39. The van der Waals surface area contributed by atoms with Crippen LogP contribution in [0.4, 0.5) is 0 Å². The molecule has 2 aromatic rings. The number of Topliss-reactive ketones (excluding diaryl/α,β-unsaturated/α-hetero) is 1. The molecule has 0 aliphatic carbocycles. The van der Waals surface area contributed by atoms with Crippen LogP contribution in [-0.4, -0.2) is 20.8 Å². The Balaban J connectivity index is 2.12. The zero-order valence-corrected chi connectivity index (χ0v) is 9.84. The van der Waals surface area contributed by atoms with Crippen molar-refractivity contribution in [3.05, 3.63) is 47.8 Å². The van der Waals surface area contributed by atoms with Gasteiger partial charge >= 0.3 is 0 Å². The van der Waals surface area contributed by atoms with E-state index in [0.717, 1.165) is 18.5 Å². The summed E-state index contributed by atoms with van der Waals surface area (Å²) in [6.45, 7) is 2.78. The number of aromatic nitrogens is 3. The first-order valence-electron chi connectivity index (χ1n) is 5.77. The standard InChI is InChI=1S/C13H15N3O/c1-2-8-16-12(10-14-15-16)13(17)9-11-6-4-3-5-7-11/h3-7,10H,2,8-9H2,1H3. The van der Waals surface area contributed by atoms with Crippen LogP contribution in [0.1, 0.15) is 29.4 Å². The second-order valence-corrected chi connectivity index (χ2v) is 3.93. The number of aryl methyl sites for hydroxylation is 1. The van der Waals surface area contributed by atoms with Crippen molar-refractivity contribution in [1.29, 1.82) is 0 Å². The third kappa shape index (κ3) is 2.78. The van der Waals surface area contributed by atoms with E-state index < -0.39 is 0 Å². The van der Waals surface area contributed by atoms with Gasteiger partial charge in [0.1, 0.15) is 5.69 Å². The number of ketones is 1. The van der Waals surface area contributed by atoms with Gasteiger partial charge in [-0.15, -0.1) is 5.10 Å². The Bertz CT molecular complexity index is 490. The van der Waals surface area contributed by atoms with E-state index in [1.807, 2.05) is 37.3 Å². The van der Waals surface area contributed by atoms with E-state index in [4.69, 9.17) is 0 Å². The van der Waals surface area contributed by atoms with E-state index in [1.54, 1.807) is 10.9 Å². The Morgan fingerprint density at radius 1 is 1.29 bits per heavy atom. The zero-order chi connectivity index (χ0) is 12.1. The van der Waals surface area contributed by atoms with Gasteiger partial charge in [-0.1, -0.05) is 42.5 Å². The van der Waals surface area contributed by atoms with Crippen LogP contribution in [0.3, 0.4) is 0 Å². The molecule has 88 valence electrons. The minimum absolute atomic E-state index is 0.0645. The van der Waals surface area contributed by atoms with Crippen molar-refractivity contribution in [2.45, 2.75) is 26.3 Å². The van der Waals surface area contributed by atoms with Crippen molar-refractivity contribution in [3.63, 3.8) is 0 Å². The minimum atomic E-state index is 0.0645. The topological polar surface area (TPSA) is 47.8 Å². The molecule has 0 spiro atoms. The Labute approximate surface area is 100 Å². The number of carbonyl (C=O) groups excluding carboxylic acids is 1. The molecule has 4 heteroatoms. The van der Waals surface area contributed by atoms with Gasteiger partial charge in [0.05, 0.1) is 6.20 Å². The van der Waals surface area contributed by atoms with E-state index in [9.17, 15) is 4.79 Å². The number of carbonyl (C=O) groups is 1. The van der Waals surface area contributed by atoms with Gasteiger partial charge < -0.3 is 0 Å². The summed E-state index contributed by atoms with van der Waals surface area (Å²) in [6, 6.07) is 9.71. The monoisotopic (exact) mass is 229 g/mol. The summed E-state index contributed by atoms with van der Waals surface area (Å²) in [5.41, 5.74) is 1.61. The Hall–Kier alpha value is -1.97. The molecule has 17 heavy (non-hydrogen) atoms. The van der Waals surface area contributed by atoms with Gasteiger partial charge in [0.2, 0.25) is 0 Å². The van der Waals surface area contributed by atoms with Crippen LogP contribution in [0.5, 0.6) is 0 Å². The first kappa shape index (κ1) is 11.5. The van der Waals surface area contributed by atoms with E-state index in [2.05, 4.69) is 10.3 Å². The molecule has 0 radical (unpaired) electrons. The third-order valence-corrected chi connectivity index (χ3v) is 2.55. The summed E-state index contributed by atoms with van der Waals surface area (Å²) >= 11 is 0. The normalized spacial score (nSPS) is 10.4. The Kier molecular flexibility index (Phi) is 3.65. The summed E-state index contributed by atoms with van der Waals surface area (Å²) in [5.74, 6) is 0.0645. The van der Waals surface area contributed by atoms with Gasteiger partial charge in [-0.05, 0) is 12.0 Å². The maximum Gasteiger partial charge on any atom is 0.186 e.